The molecule has 0 rings (SSSR count). The highest BCUT2D eigenvalue weighted by atomic mass is 19.4. The predicted octanol–water partition coefficient (Wildman–Crippen LogP) is 4.37. The number of hydrogen-bond donors (Lipinski definition) is 2. The van der Waals surface area contributed by atoms with Gasteiger partial charge in [0.2, 0.25) is 5.91 Å². The SMILES string of the molecule is CCCCCCCCOC(=O)C(NC(=O)C(NC(=O)C(F)(F)C(F)(F)F)C(C)C)C(C)C. The van der Waals surface area contributed by atoms with Gasteiger partial charge in [-0.2, -0.15) is 22.0 Å². The fourth-order valence-corrected chi connectivity index (χ4v) is 2.78. The van der Waals surface area contributed by atoms with Crippen molar-refractivity contribution in [1.29, 1.82) is 0 Å². The van der Waals surface area contributed by atoms with Crippen LogP contribution in [0.2, 0.25) is 0 Å². The van der Waals surface area contributed by atoms with Gasteiger partial charge in [-0.05, 0) is 18.3 Å². The fourth-order valence-electron chi connectivity index (χ4n) is 2.78. The molecule has 11 heteroatoms. The van der Waals surface area contributed by atoms with Crippen molar-refractivity contribution < 1.29 is 41.1 Å². The van der Waals surface area contributed by atoms with E-state index in [1.54, 1.807) is 13.8 Å². The summed E-state index contributed by atoms with van der Waals surface area (Å²) in [6, 6.07) is -2.85. The Balaban J connectivity index is 5.00. The van der Waals surface area contributed by atoms with Gasteiger partial charge < -0.3 is 15.4 Å². The number of unbranched alkanes of at least 4 members (excludes halogenated alkanes) is 5. The third-order valence-corrected chi connectivity index (χ3v) is 4.84. The number of carbonyl (C=O) groups excluding carboxylic acids is 3. The van der Waals surface area contributed by atoms with E-state index in [4.69, 9.17) is 4.74 Å². The Kier molecular flexibility index (Phi) is 12.7. The minimum atomic E-state index is -6.10. The number of rotatable bonds is 14. The first-order valence-corrected chi connectivity index (χ1v) is 10.9. The molecule has 2 N–H and O–H groups in total. The molecule has 2 amide bonds. The van der Waals surface area contributed by atoms with Crippen LogP contribution in [0.15, 0.2) is 0 Å². The highest BCUT2D eigenvalue weighted by molar-refractivity contribution is 5.93. The monoisotopic (exact) mass is 474 g/mol. The lowest BCUT2D eigenvalue weighted by Gasteiger charge is -2.28. The zero-order chi connectivity index (χ0) is 25.1. The lowest BCUT2D eigenvalue weighted by Crippen LogP contribution is -2.59. The lowest BCUT2D eigenvalue weighted by atomic mass is 10.00. The Bertz CT molecular complexity index is 609. The predicted molar refractivity (Wildman–Crippen MR) is 109 cm³/mol. The second-order valence-corrected chi connectivity index (χ2v) is 8.43. The van der Waals surface area contributed by atoms with Gasteiger partial charge in [-0.25, -0.2) is 4.79 Å². The van der Waals surface area contributed by atoms with Crippen LogP contribution in [-0.4, -0.2) is 48.6 Å². The van der Waals surface area contributed by atoms with Crippen molar-refractivity contribution in [2.24, 2.45) is 11.8 Å². The van der Waals surface area contributed by atoms with E-state index >= 15 is 0 Å². The van der Waals surface area contributed by atoms with E-state index in [1.165, 1.54) is 19.2 Å². The fraction of sp³-hybridized carbons (Fsp3) is 0.857. The number of carbonyl (C=O) groups is 3. The molecular weight excluding hydrogens is 439 g/mol. The highest BCUT2D eigenvalue weighted by Crippen LogP contribution is 2.35. The van der Waals surface area contributed by atoms with Gasteiger partial charge in [0.1, 0.15) is 12.1 Å². The zero-order valence-electron chi connectivity index (χ0n) is 19.3. The van der Waals surface area contributed by atoms with Crippen molar-refractivity contribution in [2.45, 2.75) is 97.3 Å². The van der Waals surface area contributed by atoms with Gasteiger partial charge in [-0.15, -0.1) is 0 Å². The standard InChI is InChI=1S/C21H35F5N2O4/c1-6-7-8-9-10-11-12-32-18(30)16(14(4)5)27-17(29)15(13(2)3)28-19(31)20(22,23)21(24,25)26/h13-16H,6-12H2,1-5H3,(H,27,29)(H,28,31). The van der Waals surface area contributed by atoms with Crippen LogP contribution >= 0.6 is 0 Å². The van der Waals surface area contributed by atoms with Gasteiger partial charge in [0.05, 0.1) is 6.61 Å². The smallest absolute Gasteiger partial charge is 0.463 e. The van der Waals surface area contributed by atoms with Gasteiger partial charge in [-0.1, -0.05) is 66.7 Å². The van der Waals surface area contributed by atoms with Gasteiger partial charge >= 0.3 is 24.0 Å². The molecular formula is C21H35F5N2O4. The molecule has 0 aromatic heterocycles. The van der Waals surface area contributed by atoms with E-state index in [9.17, 15) is 36.3 Å². The van der Waals surface area contributed by atoms with Crippen LogP contribution in [0.5, 0.6) is 0 Å². The summed E-state index contributed by atoms with van der Waals surface area (Å²) < 4.78 is 69.0. The maximum atomic E-state index is 13.3. The average Bonchev–Trinajstić information content (AvgIpc) is 2.67. The Morgan fingerprint density at radius 2 is 1.28 bits per heavy atom. The number of hydrogen-bond acceptors (Lipinski definition) is 4. The molecule has 0 aliphatic rings. The number of amides is 2. The van der Waals surface area contributed by atoms with Crippen molar-refractivity contribution in [2.75, 3.05) is 6.61 Å². The Morgan fingerprint density at radius 1 is 0.781 bits per heavy atom. The van der Waals surface area contributed by atoms with Gasteiger partial charge in [-0.3, -0.25) is 9.59 Å². The van der Waals surface area contributed by atoms with Gasteiger partial charge in [0.15, 0.2) is 0 Å². The summed E-state index contributed by atoms with van der Waals surface area (Å²) in [6.45, 7) is 8.18. The minimum absolute atomic E-state index is 0.145. The molecule has 0 radical (unpaired) electrons. The molecule has 0 fully saturated rings. The maximum absolute atomic E-state index is 13.3. The molecule has 0 aromatic rings. The molecule has 6 nitrogen and oxygen atoms in total. The van der Waals surface area contributed by atoms with Crippen molar-refractivity contribution in [3.63, 3.8) is 0 Å². The molecule has 0 saturated carbocycles. The third-order valence-electron chi connectivity index (χ3n) is 4.84. The average molecular weight is 475 g/mol. The van der Waals surface area contributed by atoms with Crippen LogP contribution in [0.25, 0.3) is 0 Å². The van der Waals surface area contributed by atoms with Crippen LogP contribution in [-0.2, 0) is 19.1 Å². The van der Waals surface area contributed by atoms with Crippen LogP contribution < -0.4 is 10.6 Å². The summed E-state index contributed by atoms with van der Waals surface area (Å²) in [5.41, 5.74) is 0. The molecule has 32 heavy (non-hydrogen) atoms. The quantitative estimate of drug-likeness (QED) is 0.223. The van der Waals surface area contributed by atoms with E-state index in [1.807, 2.05) is 0 Å². The largest absolute Gasteiger partial charge is 0.464 e. The molecule has 2 unspecified atom stereocenters. The summed E-state index contributed by atoms with van der Waals surface area (Å²) in [7, 11) is 0. The van der Waals surface area contributed by atoms with Crippen LogP contribution in [0.1, 0.15) is 73.1 Å². The number of alkyl halides is 5. The van der Waals surface area contributed by atoms with Crippen LogP contribution in [0.4, 0.5) is 22.0 Å². The molecule has 188 valence electrons. The molecule has 0 bridgehead atoms. The normalized spacial score (nSPS) is 14.2. The summed E-state index contributed by atoms with van der Waals surface area (Å²) in [4.78, 5) is 36.4. The minimum Gasteiger partial charge on any atom is -0.464 e. The first-order valence-electron chi connectivity index (χ1n) is 10.9. The van der Waals surface area contributed by atoms with E-state index in [-0.39, 0.29) is 6.61 Å². The van der Waals surface area contributed by atoms with Crippen molar-refractivity contribution in [1.82, 2.24) is 10.6 Å². The Morgan fingerprint density at radius 3 is 1.75 bits per heavy atom. The Hall–Kier alpha value is -1.94. The third kappa shape index (κ3) is 9.68. The second kappa shape index (κ2) is 13.6. The molecule has 0 spiro atoms. The van der Waals surface area contributed by atoms with Gasteiger partial charge in [0.25, 0.3) is 0 Å². The second-order valence-electron chi connectivity index (χ2n) is 8.43. The van der Waals surface area contributed by atoms with E-state index in [2.05, 4.69) is 12.2 Å². The molecule has 0 aliphatic carbocycles. The zero-order valence-corrected chi connectivity index (χ0v) is 19.3. The van der Waals surface area contributed by atoms with E-state index in [0.29, 0.717) is 6.42 Å². The molecule has 0 aromatic carbocycles. The number of nitrogens with one attached hydrogen (secondary N) is 2. The first kappa shape index (κ1) is 30.1. The maximum Gasteiger partial charge on any atom is 0.463 e. The molecule has 0 heterocycles. The van der Waals surface area contributed by atoms with Crippen molar-refractivity contribution >= 4 is 17.8 Å². The molecule has 0 saturated heterocycles. The summed E-state index contributed by atoms with van der Waals surface area (Å²) in [5, 5.41) is 3.76. The Labute approximate surface area is 186 Å². The molecule has 0 aliphatic heterocycles. The lowest BCUT2D eigenvalue weighted by molar-refractivity contribution is -0.270. The highest BCUT2D eigenvalue weighted by Gasteiger charge is 2.63. The summed E-state index contributed by atoms with van der Waals surface area (Å²) in [5.74, 6) is -11.4. The first-order chi connectivity index (χ1) is 14.7. The van der Waals surface area contributed by atoms with Crippen LogP contribution in [0.3, 0.4) is 0 Å². The number of esters is 1. The van der Waals surface area contributed by atoms with E-state index in [0.717, 1.165) is 32.1 Å². The van der Waals surface area contributed by atoms with Crippen LogP contribution in [0, 0.1) is 11.8 Å². The van der Waals surface area contributed by atoms with Gasteiger partial charge in [0, 0.05) is 0 Å². The number of ether oxygens (including phenoxy) is 1. The van der Waals surface area contributed by atoms with Crippen molar-refractivity contribution in [3.05, 3.63) is 0 Å². The topological polar surface area (TPSA) is 84.5 Å². The number of halogens is 5. The molecule has 2 atom stereocenters. The summed E-state index contributed by atoms with van der Waals surface area (Å²) >= 11 is 0. The van der Waals surface area contributed by atoms with Crippen molar-refractivity contribution in [3.8, 4) is 0 Å². The summed E-state index contributed by atoms with van der Waals surface area (Å²) in [6.07, 6.45) is -0.249. The van der Waals surface area contributed by atoms with E-state index < -0.39 is 53.8 Å².